The van der Waals surface area contributed by atoms with Crippen molar-refractivity contribution in [2.75, 3.05) is 6.61 Å². The van der Waals surface area contributed by atoms with Gasteiger partial charge in [-0.25, -0.2) is 9.78 Å². The number of para-hydroxylation sites is 1. The molecule has 0 bridgehead atoms. The van der Waals surface area contributed by atoms with Crippen molar-refractivity contribution in [3.05, 3.63) is 81.5 Å². The molecule has 2 aromatic carbocycles. The highest BCUT2D eigenvalue weighted by atomic mass is 79.9. The van der Waals surface area contributed by atoms with Gasteiger partial charge in [0.05, 0.1) is 23.8 Å². The summed E-state index contributed by atoms with van der Waals surface area (Å²) in [7, 11) is 0. The molecule has 140 valence electrons. The monoisotopic (exact) mass is 439 g/mol. The quantitative estimate of drug-likeness (QED) is 0.440. The Morgan fingerprint density at radius 3 is 2.75 bits per heavy atom. The van der Waals surface area contributed by atoms with Crippen molar-refractivity contribution in [2.45, 2.75) is 6.54 Å². The number of halogens is 1. The lowest BCUT2D eigenvalue weighted by atomic mass is 10.1. The van der Waals surface area contributed by atoms with Crippen molar-refractivity contribution < 1.29 is 14.1 Å². The second-order valence-electron chi connectivity index (χ2n) is 5.98. The summed E-state index contributed by atoms with van der Waals surface area (Å²) >= 11 is 3.37. The minimum Gasteiger partial charge on any atom is -0.458 e. The summed E-state index contributed by atoms with van der Waals surface area (Å²) in [6.07, 6.45) is 1.44. The SMILES string of the molecule is O=C(OCCn1cnc2ccccc2c1=O)c1cc(-c2ccc(Br)cc2)no1. The van der Waals surface area contributed by atoms with Crippen molar-refractivity contribution >= 4 is 32.8 Å². The number of nitrogens with zero attached hydrogens (tertiary/aromatic N) is 3. The number of rotatable bonds is 5. The van der Waals surface area contributed by atoms with Crippen molar-refractivity contribution in [3.8, 4) is 11.3 Å². The lowest BCUT2D eigenvalue weighted by Crippen LogP contribution is -2.23. The van der Waals surface area contributed by atoms with Crippen LogP contribution in [0.15, 0.2) is 74.7 Å². The fourth-order valence-electron chi connectivity index (χ4n) is 2.70. The summed E-state index contributed by atoms with van der Waals surface area (Å²) in [5, 5.41) is 4.41. The average Bonchev–Trinajstić information content (AvgIpc) is 3.21. The molecule has 0 radical (unpaired) electrons. The molecule has 0 unspecified atom stereocenters. The smallest absolute Gasteiger partial charge is 0.377 e. The first-order valence-electron chi connectivity index (χ1n) is 8.46. The highest BCUT2D eigenvalue weighted by Gasteiger charge is 2.15. The van der Waals surface area contributed by atoms with E-state index in [0.29, 0.717) is 16.6 Å². The zero-order chi connectivity index (χ0) is 19.5. The van der Waals surface area contributed by atoms with Crippen LogP contribution in [0.4, 0.5) is 0 Å². The second kappa shape index (κ2) is 7.77. The van der Waals surface area contributed by atoms with Gasteiger partial charge in [-0.3, -0.25) is 9.36 Å². The van der Waals surface area contributed by atoms with Crippen LogP contribution in [0.5, 0.6) is 0 Å². The number of ether oxygens (including phenoxy) is 1. The third-order valence-electron chi connectivity index (χ3n) is 4.15. The number of carbonyl (C=O) groups is 1. The van der Waals surface area contributed by atoms with Crippen molar-refractivity contribution in [1.82, 2.24) is 14.7 Å². The molecule has 0 aliphatic carbocycles. The summed E-state index contributed by atoms with van der Waals surface area (Å²) in [5.41, 5.74) is 1.80. The maximum atomic E-state index is 12.4. The van der Waals surface area contributed by atoms with E-state index in [1.54, 1.807) is 18.2 Å². The van der Waals surface area contributed by atoms with Gasteiger partial charge in [-0.2, -0.15) is 0 Å². The molecule has 0 saturated heterocycles. The van der Waals surface area contributed by atoms with Crippen molar-refractivity contribution in [3.63, 3.8) is 0 Å². The second-order valence-corrected chi connectivity index (χ2v) is 6.90. The highest BCUT2D eigenvalue weighted by Crippen LogP contribution is 2.21. The van der Waals surface area contributed by atoms with E-state index in [1.165, 1.54) is 17.0 Å². The van der Waals surface area contributed by atoms with Gasteiger partial charge in [-0.1, -0.05) is 45.4 Å². The fourth-order valence-corrected chi connectivity index (χ4v) is 2.97. The minimum atomic E-state index is -0.641. The van der Waals surface area contributed by atoms with Crippen molar-refractivity contribution in [2.24, 2.45) is 0 Å². The first-order chi connectivity index (χ1) is 13.6. The number of aromatic nitrogens is 3. The molecule has 28 heavy (non-hydrogen) atoms. The first-order valence-corrected chi connectivity index (χ1v) is 9.25. The molecule has 0 amide bonds. The predicted octanol–water partition coefficient (Wildman–Crippen LogP) is 3.67. The lowest BCUT2D eigenvalue weighted by Gasteiger charge is -2.06. The molecule has 7 nitrogen and oxygen atoms in total. The maximum Gasteiger partial charge on any atom is 0.377 e. The van der Waals surface area contributed by atoms with Gasteiger partial charge in [0.25, 0.3) is 5.56 Å². The molecule has 0 aliphatic heterocycles. The minimum absolute atomic E-state index is 0.00176. The number of hydrogen-bond acceptors (Lipinski definition) is 6. The molecule has 4 aromatic rings. The van der Waals surface area contributed by atoms with Crippen LogP contribution in [-0.4, -0.2) is 27.3 Å². The number of esters is 1. The van der Waals surface area contributed by atoms with Crippen LogP contribution in [0.2, 0.25) is 0 Å². The van der Waals surface area contributed by atoms with Gasteiger partial charge in [0.2, 0.25) is 5.76 Å². The van der Waals surface area contributed by atoms with Crippen LogP contribution in [0.1, 0.15) is 10.6 Å². The summed E-state index contributed by atoms with van der Waals surface area (Å²) in [6, 6.07) is 16.1. The number of carbonyl (C=O) groups excluding carboxylic acids is 1. The first kappa shape index (κ1) is 18.1. The van der Waals surface area contributed by atoms with E-state index in [2.05, 4.69) is 26.1 Å². The fraction of sp³-hybridized carbons (Fsp3) is 0.100. The molecule has 0 atom stereocenters. The van der Waals surface area contributed by atoms with E-state index in [9.17, 15) is 9.59 Å². The maximum absolute atomic E-state index is 12.4. The molecule has 0 spiro atoms. The van der Waals surface area contributed by atoms with Crippen LogP contribution in [0.25, 0.3) is 22.2 Å². The molecule has 4 rings (SSSR count). The average molecular weight is 440 g/mol. The summed E-state index contributed by atoms with van der Waals surface area (Å²) in [6.45, 7) is 0.198. The van der Waals surface area contributed by atoms with E-state index >= 15 is 0 Å². The Morgan fingerprint density at radius 1 is 1.14 bits per heavy atom. The van der Waals surface area contributed by atoms with Crippen LogP contribution in [0, 0.1) is 0 Å². The van der Waals surface area contributed by atoms with Gasteiger partial charge in [-0.05, 0) is 24.3 Å². The van der Waals surface area contributed by atoms with E-state index in [1.807, 2.05) is 30.3 Å². The van der Waals surface area contributed by atoms with Crippen LogP contribution in [-0.2, 0) is 11.3 Å². The molecule has 0 fully saturated rings. The van der Waals surface area contributed by atoms with E-state index in [0.717, 1.165) is 10.0 Å². The van der Waals surface area contributed by atoms with Gasteiger partial charge in [0, 0.05) is 16.1 Å². The topological polar surface area (TPSA) is 87.2 Å². The van der Waals surface area contributed by atoms with Gasteiger partial charge in [0.15, 0.2) is 0 Å². The molecule has 8 heteroatoms. The van der Waals surface area contributed by atoms with Crippen LogP contribution >= 0.6 is 15.9 Å². The lowest BCUT2D eigenvalue weighted by molar-refractivity contribution is 0.0443. The molecule has 0 N–H and O–H groups in total. The molecular formula is C20H14BrN3O4. The van der Waals surface area contributed by atoms with Gasteiger partial charge >= 0.3 is 5.97 Å². The molecule has 2 heterocycles. The Balaban J connectivity index is 1.41. The predicted molar refractivity (Wildman–Crippen MR) is 106 cm³/mol. The Morgan fingerprint density at radius 2 is 1.93 bits per heavy atom. The van der Waals surface area contributed by atoms with E-state index in [-0.39, 0.29) is 24.5 Å². The summed E-state index contributed by atoms with van der Waals surface area (Å²) in [4.78, 5) is 28.8. The molecule has 2 aromatic heterocycles. The standard InChI is InChI=1S/C20H14BrN3O4/c21-14-7-5-13(6-8-14)17-11-18(28-23-17)20(26)27-10-9-24-12-22-16-4-2-1-3-15(16)19(24)25/h1-8,11-12H,9-10H2. The Labute approximate surface area is 167 Å². The van der Waals surface area contributed by atoms with Crippen LogP contribution in [0.3, 0.4) is 0 Å². The zero-order valence-corrected chi connectivity index (χ0v) is 16.1. The van der Waals surface area contributed by atoms with E-state index < -0.39 is 5.97 Å². The number of hydrogen-bond donors (Lipinski definition) is 0. The normalized spacial score (nSPS) is 10.9. The largest absolute Gasteiger partial charge is 0.458 e. The van der Waals surface area contributed by atoms with Gasteiger partial charge in [0.1, 0.15) is 12.3 Å². The van der Waals surface area contributed by atoms with Crippen molar-refractivity contribution in [1.29, 1.82) is 0 Å². The zero-order valence-electron chi connectivity index (χ0n) is 14.5. The van der Waals surface area contributed by atoms with Gasteiger partial charge < -0.3 is 9.26 Å². The van der Waals surface area contributed by atoms with Crippen LogP contribution < -0.4 is 5.56 Å². The Hall–Kier alpha value is -3.26. The molecule has 0 aliphatic rings. The Kier molecular flexibility index (Phi) is 5.03. The summed E-state index contributed by atoms with van der Waals surface area (Å²) < 4.78 is 12.6. The number of benzene rings is 2. The highest BCUT2D eigenvalue weighted by molar-refractivity contribution is 9.10. The van der Waals surface area contributed by atoms with E-state index in [4.69, 9.17) is 9.26 Å². The molecule has 0 saturated carbocycles. The Bertz CT molecular complexity index is 1200. The third-order valence-corrected chi connectivity index (χ3v) is 4.68. The van der Waals surface area contributed by atoms with Gasteiger partial charge in [-0.15, -0.1) is 0 Å². The third kappa shape index (κ3) is 3.72. The molecular weight excluding hydrogens is 426 g/mol. The number of fused-ring (bicyclic) bond motifs is 1. The summed E-state index contributed by atoms with van der Waals surface area (Å²) in [5.74, 6) is -0.639.